The first kappa shape index (κ1) is 19.0. The molecule has 0 aliphatic carbocycles. The molecule has 0 saturated carbocycles. The number of nitrogens with zero attached hydrogens (tertiary/aromatic N) is 1. The summed E-state index contributed by atoms with van der Waals surface area (Å²) in [5.74, 6) is -0.101. The normalized spacial score (nSPS) is 15.6. The third-order valence-electron chi connectivity index (χ3n) is 4.44. The van der Waals surface area contributed by atoms with Crippen LogP contribution in [0.15, 0.2) is 75.4 Å². The summed E-state index contributed by atoms with van der Waals surface area (Å²) in [4.78, 5) is 2.97. The molecule has 0 radical (unpaired) electrons. The van der Waals surface area contributed by atoms with Gasteiger partial charge in [0.15, 0.2) is 0 Å². The third kappa shape index (κ3) is 7.65. The minimum atomic E-state index is -4.78. The number of nitrogens with two attached hydrogens (primary N) is 1. The second kappa shape index (κ2) is 12.0. The predicted octanol–water partition coefficient (Wildman–Crippen LogP) is 5.62. The lowest BCUT2D eigenvalue weighted by Crippen LogP contribution is -2.12. The smallest absolute Gasteiger partial charge is 0.296 e. The van der Waals surface area contributed by atoms with Crippen LogP contribution in [0.1, 0.15) is 25.7 Å². The summed E-state index contributed by atoms with van der Waals surface area (Å²) in [6, 6.07) is 15.0. The van der Waals surface area contributed by atoms with Gasteiger partial charge >= 0.3 is 0 Å². The molecule has 3 rings (SSSR count). The van der Waals surface area contributed by atoms with Crippen molar-refractivity contribution in [3.05, 3.63) is 76.8 Å². The van der Waals surface area contributed by atoms with E-state index in [9.17, 15) is 8.42 Å². The van der Waals surface area contributed by atoms with Crippen LogP contribution in [0.2, 0.25) is 5.02 Å². The van der Waals surface area contributed by atoms with Crippen LogP contribution < -0.4 is 10.5 Å². The standard InChI is InChI=1S/C25H29ClN2O4S2/c1-18-5-9-22(10-6-18)34(29,30)32-14-4-13-31-21-8-12-24(19(15-21)17-28(2)3)33-25-11-7-20(26)16-23(25)27/h5-12,15-16H,4,13-14,17,27H2,1-3H3/i4D2,13D2,14D2. The van der Waals surface area contributed by atoms with E-state index in [0.717, 1.165) is 15.4 Å². The molecule has 0 heterocycles. The van der Waals surface area contributed by atoms with Crippen molar-refractivity contribution in [1.29, 1.82) is 0 Å². The van der Waals surface area contributed by atoms with Gasteiger partial charge < -0.3 is 15.4 Å². The van der Waals surface area contributed by atoms with Crippen molar-refractivity contribution in [2.45, 2.75) is 34.5 Å². The zero-order chi connectivity index (χ0) is 30.1. The molecule has 34 heavy (non-hydrogen) atoms. The minimum absolute atomic E-state index is 0.101. The van der Waals surface area contributed by atoms with Crippen molar-refractivity contribution in [2.24, 2.45) is 0 Å². The maximum atomic E-state index is 12.7. The van der Waals surface area contributed by atoms with E-state index in [1.807, 2.05) is 19.0 Å². The Labute approximate surface area is 219 Å². The molecule has 6 nitrogen and oxygen atoms in total. The Bertz CT molecular complexity index is 1470. The Balaban J connectivity index is 1.89. The van der Waals surface area contributed by atoms with Gasteiger partial charge in [0.25, 0.3) is 10.1 Å². The Morgan fingerprint density at radius 1 is 1.03 bits per heavy atom. The van der Waals surface area contributed by atoms with Gasteiger partial charge in [-0.2, -0.15) is 8.42 Å². The Morgan fingerprint density at radius 3 is 2.41 bits per heavy atom. The van der Waals surface area contributed by atoms with E-state index >= 15 is 0 Å². The Morgan fingerprint density at radius 2 is 1.74 bits per heavy atom. The number of aryl methyl sites for hydroxylation is 1. The first-order valence-electron chi connectivity index (χ1n) is 13.1. The average Bonchev–Trinajstić information content (AvgIpc) is 2.81. The highest BCUT2D eigenvalue weighted by Crippen LogP contribution is 2.37. The highest BCUT2D eigenvalue weighted by molar-refractivity contribution is 7.99. The lowest BCUT2D eigenvalue weighted by Gasteiger charge is -2.16. The van der Waals surface area contributed by atoms with Gasteiger partial charge in [-0.05, 0) is 75.1 Å². The lowest BCUT2D eigenvalue weighted by atomic mass is 10.2. The second-order valence-electron chi connectivity index (χ2n) is 7.57. The molecule has 0 amide bonds. The molecular weight excluding hydrogens is 492 g/mol. The van der Waals surface area contributed by atoms with E-state index < -0.39 is 34.5 Å². The number of rotatable bonds is 11. The third-order valence-corrected chi connectivity index (χ3v) is 7.04. The van der Waals surface area contributed by atoms with Crippen molar-refractivity contribution >= 4 is 39.2 Å². The molecule has 0 aliphatic heterocycles. The van der Waals surface area contributed by atoms with Crippen LogP contribution in [0, 0.1) is 6.92 Å². The number of hydrogen-bond acceptors (Lipinski definition) is 7. The van der Waals surface area contributed by atoms with E-state index in [-0.39, 0.29) is 5.75 Å². The summed E-state index contributed by atoms with van der Waals surface area (Å²) < 4.78 is 84.3. The van der Waals surface area contributed by atoms with E-state index in [2.05, 4.69) is 4.18 Å². The van der Waals surface area contributed by atoms with Crippen molar-refractivity contribution in [3.8, 4) is 5.75 Å². The average molecular weight is 527 g/mol. The van der Waals surface area contributed by atoms with Crippen molar-refractivity contribution < 1.29 is 25.6 Å². The van der Waals surface area contributed by atoms with Crippen LogP contribution in [0.4, 0.5) is 5.69 Å². The Kier molecular flexibility index (Phi) is 6.68. The van der Waals surface area contributed by atoms with Crippen LogP contribution in [0.5, 0.6) is 5.75 Å². The predicted molar refractivity (Wildman–Crippen MR) is 138 cm³/mol. The van der Waals surface area contributed by atoms with E-state index in [1.54, 1.807) is 31.2 Å². The zero-order valence-electron chi connectivity index (χ0n) is 24.8. The number of nitrogen functional groups attached to an aromatic ring is 1. The van der Waals surface area contributed by atoms with Crippen LogP contribution in [-0.2, 0) is 20.8 Å². The van der Waals surface area contributed by atoms with E-state index in [1.165, 1.54) is 48.2 Å². The summed E-state index contributed by atoms with van der Waals surface area (Å²) in [6.07, 6.45) is -3.58. The zero-order valence-corrected chi connectivity index (χ0v) is 21.2. The summed E-state index contributed by atoms with van der Waals surface area (Å²) in [6.45, 7) is -4.87. The summed E-state index contributed by atoms with van der Waals surface area (Å²) in [5, 5.41) is 0.492. The molecule has 0 saturated heterocycles. The number of benzene rings is 3. The van der Waals surface area contributed by atoms with Crippen LogP contribution in [0.25, 0.3) is 0 Å². The van der Waals surface area contributed by atoms with Gasteiger partial charge in [-0.3, -0.25) is 4.18 Å². The van der Waals surface area contributed by atoms with Gasteiger partial charge in [-0.15, -0.1) is 0 Å². The molecule has 0 aromatic heterocycles. The van der Waals surface area contributed by atoms with Crippen LogP contribution in [-0.4, -0.2) is 40.5 Å². The van der Waals surface area contributed by atoms with Gasteiger partial charge in [-0.25, -0.2) is 0 Å². The Hall–Kier alpha value is -2.23. The molecule has 3 aromatic rings. The SMILES string of the molecule is [2H]C([2H])(Oc1ccc(Sc2ccc(Cl)cc2N)c(CN(C)C)c1)C([2H])([2H])C([2H])([2H])OS(=O)(=O)c1ccc(C)cc1. The molecule has 182 valence electrons. The molecule has 0 unspecified atom stereocenters. The molecule has 0 bridgehead atoms. The number of halogens is 1. The quantitative estimate of drug-likeness (QED) is 0.256. The number of ether oxygens (including phenoxy) is 1. The van der Waals surface area contributed by atoms with Gasteiger partial charge in [-0.1, -0.05) is 41.1 Å². The van der Waals surface area contributed by atoms with Crippen LogP contribution in [0.3, 0.4) is 0 Å². The van der Waals surface area contributed by atoms with Gasteiger partial charge in [0.2, 0.25) is 0 Å². The highest BCUT2D eigenvalue weighted by atomic mass is 35.5. The first-order valence-corrected chi connectivity index (χ1v) is 12.7. The number of hydrogen-bond donors (Lipinski definition) is 1. The fourth-order valence-electron chi connectivity index (χ4n) is 2.85. The highest BCUT2D eigenvalue weighted by Gasteiger charge is 2.15. The summed E-state index contributed by atoms with van der Waals surface area (Å²) >= 11 is 7.35. The maximum absolute atomic E-state index is 12.7. The van der Waals surface area contributed by atoms with Gasteiger partial charge in [0.05, 0.1) is 23.5 Å². The fourth-order valence-corrected chi connectivity index (χ4v) is 4.69. The topological polar surface area (TPSA) is 81.9 Å². The molecular formula is C25H29ClN2O4S2. The largest absolute Gasteiger partial charge is 0.493 e. The van der Waals surface area contributed by atoms with E-state index in [4.69, 9.17) is 30.3 Å². The van der Waals surface area contributed by atoms with Gasteiger partial charge in [0.1, 0.15) is 5.75 Å². The molecule has 0 fully saturated rings. The van der Waals surface area contributed by atoms with Crippen molar-refractivity contribution in [3.63, 3.8) is 0 Å². The number of anilines is 1. The lowest BCUT2D eigenvalue weighted by molar-refractivity contribution is 0.250. The second-order valence-corrected chi connectivity index (χ2v) is 10.6. The maximum Gasteiger partial charge on any atom is 0.296 e. The molecule has 2 N–H and O–H groups in total. The molecule has 0 atom stereocenters. The van der Waals surface area contributed by atoms with Crippen molar-refractivity contribution in [2.75, 3.05) is 32.9 Å². The molecule has 9 heteroatoms. The molecule has 0 spiro atoms. The van der Waals surface area contributed by atoms with Crippen molar-refractivity contribution in [1.82, 2.24) is 4.90 Å². The van der Waals surface area contributed by atoms with Gasteiger partial charge in [0, 0.05) is 36.2 Å². The molecule has 0 aliphatic rings. The van der Waals surface area contributed by atoms with Crippen LogP contribution >= 0.6 is 23.4 Å². The fraction of sp³-hybridized carbons (Fsp3) is 0.280. The monoisotopic (exact) mass is 526 g/mol. The molecule has 3 aromatic carbocycles. The van der Waals surface area contributed by atoms with E-state index in [0.29, 0.717) is 22.8 Å². The summed E-state index contributed by atoms with van der Waals surface area (Å²) in [7, 11) is -1.12. The summed E-state index contributed by atoms with van der Waals surface area (Å²) in [5.41, 5.74) is 8.00. The first-order chi connectivity index (χ1) is 18.3. The minimum Gasteiger partial charge on any atom is -0.493 e.